The van der Waals surface area contributed by atoms with E-state index in [1.165, 1.54) is 0 Å². The summed E-state index contributed by atoms with van der Waals surface area (Å²) in [4.78, 5) is 14.5. The minimum Gasteiger partial charge on any atom is -0.343 e. The highest BCUT2D eigenvalue weighted by molar-refractivity contribution is 5.49. The van der Waals surface area contributed by atoms with Crippen LogP contribution in [0.4, 0.5) is 0 Å². The molecule has 0 aliphatic carbocycles. The van der Waals surface area contributed by atoms with Gasteiger partial charge in [0.1, 0.15) is 5.69 Å². The van der Waals surface area contributed by atoms with Gasteiger partial charge in [-0.1, -0.05) is 18.1 Å². The fourth-order valence-corrected chi connectivity index (χ4v) is 1.49. The third-order valence-electron chi connectivity index (χ3n) is 2.38. The van der Waals surface area contributed by atoms with E-state index in [-0.39, 0.29) is 6.04 Å². The highest BCUT2D eigenvalue weighted by Gasteiger charge is 2.09. The third kappa shape index (κ3) is 2.43. The van der Waals surface area contributed by atoms with Gasteiger partial charge in [-0.15, -0.1) is 0 Å². The molecule has 0 aromatic carbocycles. The number of pyridine rings is 1. The van der Waals surface area contributed by atoms with Gasteiger partial charge in [0.05, 0.1) is 11.7 Å². The van der Waals surface area contributed by atoms with Crippen LogP contribution in [0.5, 0.6) is 0 Å². The van der Waals surface area contributed by atoms with Crippen molar-refractivity contribution in [2.45, 2.75) is 19.9 Å². The average molecular weight is 228 g/mol. The van der Waals surface area contributed by atoms with Crippen LogP contribution in [0.15, 0.2) is 29.5 Å². The number of aromatic nitrogens is 3. The smallest absolute Gasteiger partial charge is 0.156 e. The molecule has 2 aromatic rings. The Balaban J connectivity index is 2.32. The SMILES string of the molecule is Cc1cccc(-c2nc(C(C)N=[N+]=[N-])c[nH]2)n1. The van der Waals surface area contributed by atoms with Crippen LogP contribution < -0.4 is 0 Å². The lowest BCUT2D eigenvalue weighted by molar-refractivity contribution is 0.780. The Morgan fingerprint density at radius 2 is 2.24 bits per heavy atom. The molecule has 2 aromatic heterocycles. The van der Waals surface area contributed by atoms with E-state index in [0.29, 0.717) is 11.5 Å². The zero-order valence-corrected chi connectivity index (χ0v) is 9.62. The van der Waals surface area contributed by atoms with Crippen molar-refractivity contribution < 1.29 is 0 Å². The zero-order valence-electron chi connectivity index (χ0n) is 9.62. The maximum atomic E-state index is 8.37. The van der Waals surface area contributed by atoms with Gasteiger partial charge in [-0.25, -0.2) is 9.97 Å². The largest absolute Gasteiger partial charge is 0.343 e. The number of hydrogen-bond acceptors (Lipinski definition) is 3. The molecule has 0 bridgehead atoms. The standard InChI is InChI=1S/C11H12N6/c1-7-4-3-5-9(14-7)11-13-6-10(15-11)8(2)16-17-12/h3-6,8H,1-2H3,(H,13,15). The molecule has 0 saturated heterocycles. The van der Waals surface area contributed by atoms with E-state index < -0.39 is 0 Å². The molecule has 0 amide bonds. The van der Waals surface area contributed by atoms with E-state index in [1.54, 1.807) is 13.1 Å². The van der Waals surface area contributed by atoms with Gasteiger partial charge in [0.2, 0.25) is 0 Å². The molecule has 1 atom stereocenters. The van der Waals surface area contributed by atoms with Gasteiger partial charge in [-0.2, -0.15) is 0 Å². The molecule has 0 spiro atoms. The van der Waals surface area contributed by atoms with Gasteiger partial charge in [0.25, 0.3) is 0 Å². The first-order valence-electron chi connectivity index (χ1n) is 5.24. The number of nitrogens with one attached hydrogen (secondary N) is 1. The Morgan fingerprint density at radius 3 is 2.94 bits per heavy atom. The third-order valence-corrected chi connectivity index (χ3v) is 2.38. The van der Waals surface area contributed by atoms with Crippen LogP contribution >= 0.6 is 0 Å². The summed E-state index contributed by atoms with van der Waals surface area (Å²) in [5.74, 6) is 0.684. The number of nitrogens with zero attached hydrogens (tertiary/aromatic N) is 5. The normalized spacial score (nSPS) is 11.9. The minimum absolute atomic E-state index is 0.283. The van der Waals surface area contributed by atoms with Crippen LogP contribution in [0.25, 0.3) is 22.0 Å². The quantitative estimate of drug-likeness (QED) is 0.496. The summed E-state index contributed by atoms with van der Waals surface area (Å²) in [6.45, 7) is 3.72. The van der Waals surface area contributed by atoms with Crippen molar-refractivity contribution in [1.82, 2.24) is 15.0 Å². The molecule has 2 heterocycles. The van der Waals surface area contributed by atoms with Crippen LogP contribution in [0, 0.1) is 6.92 Å². The lowest BCUT2D eigenvalue weighted by atomic mass is 10.3. The lowest BCUT2D eigenvalue weighted by Crippen LogP contribution is -1.90. The summed E-state index contributed by atoms with van der Waals surface area (Å²) >= 11 is 0. The number of rotatable bonds is 3. The summed E-state index contributed by atoms with van der Waals surface area (Å²) in [5, 5.41) is 3.60. The van der Waals surface area contributed by atoms with Gasteiger partial charge in [-0.3, -0.25) is 0 Å². The number of hydrogen-bond donors (Lipinski definition) is 1. The molecule has 6 nitrogen and oxygen atoms in total. The first-order valence-corrected chi connectivity index (χ1v) is 5.24. The Morgan fingerprint density at radius 1 is 1.41 bits per heavy atom. The van der Waals surface area contributed by atoms with Crippen molar-refractivity contribution in [2.75, 3.05) is 0 Å². The van der Waals surface area contributed by atoms with Crippen molar-refractivity contribution in [3.05, 3.63) is 46.2 Å². The maximum absolute atomic E-state index is 8.37. The van der Waals surface area contributed by atoms with Gasteiger partial charge < -0.3 is 4.98 Å². The van der Waals surface area contributed by atoms with Gasteiger partial charge in [0, 0.05) is 16.8 Å². The van der Waals surface area contributed by atoms with Crippen LogP contribution in [-0.2, 0) is 0 Å². The molecular weight excluding hydrogens is 216 g/mol. The topological polar surface area (TPSA) is 90.3 Å². The van der Waals surface area contributed by atoms with E-state index in [2.05, 4.69) is 25.0 Å². The number of imidazole rings is 1. The van der Waals surface area contributed by atoms with E-state index in [0.717, 1.165) is 11.4 Å². The Bertz CT molecular complexity index is 567. The fraction of sp³-hybridized carbons (Fsp3) is 0.273. The second-order valence-electron chi connectivity index (χ2n) is 3.72. The van der Waals surface area contributed by atoms with Crippen molar-refractivity contribution >= 4 is 0 Å². The molecule has 0 aliphatic rings. The van der Waals surface area contributed by atoms with Crippen LogP contribution in [0.3, 0.4) is 0 Å². The average Bonchev–Trinajstić information content (AvgIpc) is 2.78. The van der Waals surface area contributed by atoms with Crippen molar-refractivity contribution in [3.8, 4) is 11.5 Å². The van der Waals surface area contributed by atoms with Gasteiger partial charge in [-0.05, 0) is 24.6 Å². The molecular formula is C11H12N6. The van der Waals surface area contributed by atoms with Gasteiger partial charge >= 0.3 is 0 Å². The zero-order chi connectivity index (χ0) is 12.3. The van der Waals surface area contributed by atoms with Gasteiger partial charge in [0.15, 0.2) is 5.82 Å². The monoisotopic (exact) mass is 228 g/mol. The Labute approximate surface area is 98.4 Å². The van der Waals surface area contributed by atoms with Crippen molar-refractivity contribution in [2.24, 2.45) is 5.11 Å². The molecule has 17 heavy (non-hydrogen) atoms. The highest BCUT2D eigenvalue weighted by atomic mass is 15.2. The Hall–Kier alpha value is -2.33. The second-order valence-corrected chi connectivity index (χ2v) is 3.72. The molecule has 1 unspecified atom stereocenters. The molecule has 1 N–H and O–H groups in total. The van der Waals surface area contributed by atoms with E-state index in [9.17, 15) is 0 Å². The number of H-pyrrole nitrogens is 1. The fourth-order valence-electron chi connectivity index (χ4n) is 1.49. The van der Waals surface area contributed by atoms with Crippen LogP contribution in [0.1, 0.15) is 24.4 Å². The molecule has 0 fully saturated rings. The molecule has 86 valence electrons. The van der Waals surface area contributed by atoms with Crippen molar-refractivity contribution in [1.29, 1.82) is 0 Å². The summed E-state index contributed by atoms with van der Waals surface area (Å²) in [7, 11) is 0. The summed E-state index contributed by atoms with van der Waals surface area (Å²) in [6, 6.07) is 5.45. The summed E-state index contributed by atoms with van der Waals surface area (Å²) in [5.41, 5.74) is 10.8. The highest BCUT2D eigenvalue weighted by Crippen LogP contribution is 2.19. The lowest BCUT2D eigenvalue weighted by Gasteiger charge is -1.98. The van der Waals surface area contributed by atoms with Crippen LogP contribution in [-0.4, -0.2) is 15.0 Å². The summed E-state index contributed by atoms with van der Waals surface area (Å²) < 4.78 is 0. The maximum Gasteiger partial charge on any atom is 0.156 e. The predicted molar refractivity (Wildman–Crippen MR) is 64.1 cm³/mol. The van der Waals surface area contributed by atoms with Crippen molar-refractivity contribution in [3.63, 3.8) is 0 Å². The number of aryl methyl sites for hydroxylation is 1. The first-order chi connectivity index (χ1) is 8.20. The van der Waals surface area contributed by atoms with E-state index in [1.807, 2.05) is 25.1 Å². The molecule has 0 radical (unpaired) electrons. The second kappa shape index (κ2) is 4.67. The Kier molecular flexibility index (Phi) is 3.07. The van der Waals surface area contributed by atoms with E-state index >= 15 is 0 Å². The molecule has 2 rings (SSSR count). The predicted octanol–water partition coefficient (Wildman–Crippen LogP) is 3.15. The summed E-state index contributed by atoms with van der Waals surface area (Å²) in [6.07, 6.45) is 1.73. The number of azide groups is 1. The molecule has 0 saturated carbocycles. The van der Waals surface area contributed by atoms with E-state index in [4.69, 9.17) is 5.53 Å². The first kappa shape index (κ1) is 11.2. The van der Waals surface area contributed by atoms with Crippen LogP contribution in [0.2, 0.25) is 0 Å². The molecule has 0 aliphatic heterocycles. The minimum atomic E-state index is -0.283. The number of aromatic amines is 1. The molecule has 6 heteroatoms.